The van der Waals surface area contributed by atoms with E-state index in [9.17, 15) is 4.79 Å². The van der Waals surface area contributed by atoms with Gasteiger partial charge in [-0.05, 0) is 47.9 Å². The summed E-state index contributed by atoms with van der Waals surface area (Å²) >= 11 is 6.08. The molecule has 0 aliphatic heterocycles. The van der Waals surface area contributed by atoms with Gasteiger partial charge in [0.05, 0.1) is 12.8 Å². The van der Waals surface area contributed by atoms with Crippen LogP contribution < -0.4 is 15.5 Å². The summed E-state index contributed by atoms with van der Waals surface area (Å²) < 4.78 is 5.80. The van der Waals surface area contributed by atoms with Crippen LogP contribution in [0.4, 0.5) is 5.69 Å². The maximum Gasteiger partial charge on any atom is 0.259 e. The second kappa shape index (κ2) is 10.3. The third-order valence-electron chi connectivity index (χ3n) is 4.22. The Bertz CT molecular complexity index is 990. The van der Waals surface area contributed by atoms with Crippen molar-refractivity contribution in [3.63, 3.8) is 0 Å². The van der Waals surface area contributed by atoms with E-state index in [1.165, 1.54) is 0 Å². The molecule has 0 unspecified atom stereocenters. The quantitative estimate of drug-likeness (QED) is 0.417. The highest BCUT2D eigenvalue weighted by atomic mass is 35.5. The minimum Gasteiger partial charge on any atom is -0.489 e. The van der Waals surface area contributed by atoms with E-state index in [1.54, 1.807) is 6.21 Å². The van der Waals surface area contributed by atoms with E-state index < -0.39 is 0 Å². The number of hydrogen-bond acceptors (Lipinski definition) is 4. The van der Waals surface area contributed by atoms with Crippen LogP contribution in [0.2, 0.25) is 5.02 Å². The summed E-state index contributed by atoms with van der Waals surface area (Å²) in [6.45, 7) is 2.49. The number of rotatable bonds is 8. The standard InChI is InChI=1S/C23H22ClN3O2/c1-17-21(24)11-6-12-22(17)25-15-23(28)27-26-14-19-9-5-10-20(13-19)29-16-18-7-3-2-4-8-18/h2-14,25H,15-16H2,1H3,(H,27,28). The van der Waals surface area contributed by atoms with E-state index in [0.717, 1.165) is 28.1 Å². The first-order valence-electron chi connectivity index (χ1n) is 9.19. The molecule has 148 valence electrons. The first-order valence-corrected chi connectivity index (χ1v) is 9.57. The summed E-state index contributed by atoms with van der Waals surface area (Å²) in [5, 5.41) is 7.72. The van der Waals surface area contributed by atoms with E-state index in [0.29, 0.717) is 11.6 Å². The first kappa shape index (κ1) is 20.4. The third-order valence-corrected chi connectivity index (χ3v) is 4.63. The van der Waals surface area contributed by atoms with E-state index in [-0.39, 0.29) is 12.5 Å². The summed E-state index contributed by atoms with van der Waals surface area (Å²) in [4.78, 5) is 12.0. The number of hydrogen-bond donors (Lipinski definition) is 2. The molecule has 0 fully saturated rings. The lowest BCUT2D eigenvalue weighted by molar-refractivity contribution is -0.119. The van der Waals surface area contributed by atoms with Crippen molar-refractivity contribution in [1.29, 1.82) is 0 Å². The first-order chi connectivity index (χ1) is 14.1. The molecule has 5 nitrogen and oxygen atoms in total. The predicted molar refractivity (Wildman–Crippen MR) is 118 cm³/mol. The zero-order valence-corrected chi connectivity index (χ0v) is 16.8. The molecule has 3 aromatic rings. The Morgan fingerprint density at radius 1 is 1.07 bits per heavy atom. The molecular weight excluding hydrogens is 386 g/mol. The molecule has 0 spiro atoms. The van der Waals surface area contributed by atoms with Gasteiger partial charge < -0.3 is 10.1 Å². The second-order valence-corrected chi connectivity index (χ2v) is 6.81. The van der Waals surface area contributed by atoms with Gasteiger partial charge in [-0.1, -0.05) is 60.1 Å². The highest BCUT2D eigenvalue weighted by Crippen LogP contribution is 2.22. The topological polar surface area (TPSA) is 62.7 Å². The number of halogens is 1. The van der Waals surface area contributed by atoms with Gasteiger partial charge in [-0.15, -0.1) is 0 Å². The highest BCUT2D eigenvalue weighted by Gasteiger charge is 2.04. The van der Waals surface area contributed by atoms with Crippen LogP contribution in [-0.4, -0.2) is 18.7 Å². The van der Waals surface area contributed by atoms with Gasteiger partial charge in [0.1, 0.15) is 12.4 Å². The molecule has 0 heterocycles. The molecule has 0 bridgehead atoms. The Hall–Kier alpha value is -3.31. The fourth-order valence-corrected chi connectivity index (χ4v) is 2.79. The number of carbonyl (C=O) groups is 1. The van der Waals surface area contributed by atoms with Crippen molar-refractivity contribution in [2.24, 2.45) is 5.10 Å². The Kier molecular flexibility index (Phi) is 7.25. The van der Waals surface area contributed by atoms with Crippen molar-refractivity contribution in [2.75, 3.05) is 11.9 Å². The third kappa shape index (κ3) is 6.36. The summed E-state index contributed by atoms with van der Waals surface area (Å²) in [5.41, 5.74) is 6.15. The number of hydrazone groups is 1. The Labute approximate surface area is 175 Å². The molecule has 1 amide bonds. The lowest BCUT2D eigenvalue weighted by atomic mass is 10.2. The largest absolute Gasteiger partial charge is 0.489 e. The average Bonchev–Trinajstić information content (AvgIpc) is 2.74. The van der Waals surface area contributed by atoms with Crippen LogP contribution in [0.1, 0.15) is 16.7 Å². The summed E-state index contributed by atoms with van der Waals surface area (Å²) in [7, 11) is 0. The Morgan fingerprint density at radius 3 is 2.69 bits per heavy atom. The number of anilines is 1. The van der Waals surface area contributed by atoms with Crippen molar-refractivity contribution < 1.29 is 9.53 Å². The average molecular weight is 408 g/mol. The fourth-order valence-electron chi connectivity index (χ4n) is 2.62. The number of benzene rings is 3. The summed E-state index contributed by atoms with van der Waals surface area (Å²) in [6, 6.07) is 23.0. The Morgan fingerprint density at radius 2 is 1.86 bits per heavy atom. The van der Waals surface area contributed by atoms with Gasteiger partial charge in [-0.25, -0.2) is 5.43 Å². The van der Waals surface area contributed by atoms with Gasteiger partial charge in [-0.2, -0.15) is 5.10 Å². The van der Waals surface area contributed by atoms with Crippen molar-refractivity contribution in [3.05, 3.63) is 94.5 Å². The van der Waals surface area contributed by atoms with Crippen LogP contribution >= 0.6 is 11.6 Å². The van der Waals surface area contributed by atoms with Gasteiger partial charge >= 0.3 is 0 Å². The lowest BCUT2D eigenvalue weighted by Crippen LogP contribution is -2.26. The predicted octanol–water partition coefficient (Wildman–Crippen LogP) is 4.79. The molecule has 0 aromatic heterocycles. The second-order valence-electron chi connectivity index (χ2n) is 6.41. The van der Waals surface area contributed by atoms with Gasteiger partial charge in [-0.3, -0.25) is 4.79 Å². The maximum absolute atomic E-state index is 12.0. The molecule has 29 heavy (non-hydrogen) atoms. The molecule has 6 heteroatoms. The van der Waals surface area contributed by atoms with Gasteiger partial charge in [0.25, 0.3) is 5.91 Å². The van der Waals surface area contributed by atoms with Crippen molar-refractivity contribution >= 4 is 29.4 Å². The minimum absolute atomic E-state index is 0.0960. The summed E-state index contributed by atoms with van der Waals surface area (Å²) in [6.07, 6.45) is 1.58. The molecule has 0 saturated carbocycles. The van der Waals surface area contributed by atoms with Gasteiger partial charge in [0, 0.05) is 10.7 Å². The van der Waals surface area contributed by atoms with Crippen LogP contribution in [0.15, 0.2) is 77.9 Å². The molecular formula is C23H22ClN3O2. The lowest BCUT2D eigenvalue weighted by Gasteiger charge is -2.09. The molecule has 3 aromatic carbocycles. The van der Waals surface area contributed by atoms with Crippen molar-refractivity contribution in [2.45, 2.75) is 13.5 Å². The highest BCUT2D eigenvalue weighted by molar-refractivity contribution is 6.31. The van der Waals surface area contributed by atoms with Crippen LogP contribution in [0.5, 0.6) is 5.75 Å². The number of amides is 1. The summed E-state index contributed by atoms with van der Waals surface area (Å²) in [5.74, 6) is 0.485. The smallest absolute Gasteiger partial charge is 0.259 e. The normalized spacial score (nSPS) is 10.7. The van der Waals surface area contributed by atoms with Crippen molar-refractivity contribution in [3.8, 4) is 5.75 Å². The zero-order valence-electron chi connectivity index (χ0n) is 16.1. The van der Waals surface area contributed by atoms with Gasteiger partial charge in [0.2, 0.25) is 0 Å². The molecule has 3 rings (SSSR count). The zero-order chi connectivity index (χ0) is 20.5. The molecule has 2 N–H and O–H groups in total. The van der Waals surface area contributed by atoms with E-state index in [1.807, 2.05) is 79.7 Å². The number of ether oxygens (including phenoxy) is 1. The van der Waals surface area contributed by atoms with Crippen molar-refractivity contribution in [1.82, 2.24) is 5.43 Å². The van der Waals surface area contributed by atoms with Crippen LogP contribution in [0, 0.1) is 6.92 Å². The van der Waals surface area contributed by atoms with Crippen LogP contribution in [-0.2, 0) is 11.4 Å². The van der Waals surface area contributed by atoms with E-state index in [2.05, 4.69) is 15.8 Å². The molecule has 0 radical (unpaired) electrons. The molecule has 0 aliphatic carbocycles. The van der Waals surface area contributed by atoms with E-state index in [4.69, 9.17) is 16.3 Å². The van der Waals surface area contributed by atoms with Crippen LogP contribution in [0.3, 0.4) is 0 Å². The SMILES string of the molecule is Cc1c(Cl)cccc1NCC(=O)NN=Cc1cccc(OCc2ccccc2)c1. The number of nitrogens with one attached hydrogen (secondary N) is 2. The number of nitrogens with zero attached hydrogens (tertiary/aromatic N) is 1. The molecule has 0 aliphatic rings. The van der Waals surface area contributed by atoms with E-state index >= 15 is 0 Å². The van der Waals surface area contributed by atoms with Gasteiger partial charge in [0.15, 0.2) is 0 Å². The van der Waals surface area contributed by atoms with Crippen LogP contribution in [0.25, 0.3) is 0 Å². The minimum atomic E-state index is -0.253. The molecule has 0 saturated heterocycles. The number of carbonyl (C=O) groups excluding carboxylic acids is 1. The maximum atomic E-state index is 12.0. The molecule has 0 atom stereocenters. The fraction of sp³-hybridized carbons (Fsp3) is 0.130. The monoisotopic (exact) mass is 407 g/mol. The Balaban J connectivity index is 1.48.